The molecule has 6 nitrogen and oxygen atoms in total. The predicted octanol–water partition coefficient (Wildman–Crippen LogP) is 3.86. The summed E-state index contributed by atoms with van der Waals surface area (Å²) in [5.74, 6) is 1.38. The number of piperidine rings is 1. The summed E-state index contributed by atoms with van der Waals surface area (Å²) < 4.78 is 12.2. The molecule has 2 N–H and O–H groups in total. The number of nitrogens with zero attached hydrogens (tertiary/aromatic N) is 1. The van der Waals surface area contributed by atoms with E-state index in [1.165, 1.54) is 25.3 Å². The third-order valence-electron chi connectivity index (χ3n) is 9.34. The first-order valence-electron chi connectivity index (χ1n) is 13.1. The molecule has 2 saturated carbocycles. The Bertz CT molecular complexity index is 929. The minimum atomic E-state index is -1.02. The van der Waals surface area contributed by atoms with Crippen molar-refractivity contribution in [1.82, 2.24) is 4.90 Å². The molecule has 186 valence electrons. The number of carbonyl (C=O) groups is 1. The molecule has 6 heteroatoms. The van der Waals surface area contributed by atoms with Gasteiger partial charge in [0, 0.05) is 24.6 Å². The van der Waals surface area contributed by atoms with E-state index in [0.29, 0.717) is 17.9 Å². The van der Waals surface area contributed by atoms with E-state index in [-0.39, 0.29) is 17.9 Å². The van der Waals surface area contributed by atoms with Crippen LogP contribution in [0.5, 0.6) is 0 Å². The Labute approximate surface area is 203 Å². The van der Waals surface area contributed by atoms with Crippen LogP contribution in [0.1, 0.15) is 59.3 Å². The third kappa shape index (κ3) is 3.52. The van der Waals surface area contributed by atoms with Crippen LogP contribution in [0.15, 0.2) is 48.0 Å². The monoisotopic (exact) mass is 469 g/mol. The van der Waals surface area contributed by atoms with Gasteiger partial charge < -0.3 is 19.7 Å². The number of ether oxygens (including phenoxy) is 2. The zero-order valence-electron chi connectivity index (χ0n) is 20.7. The molecule has 7 atom stereocenters. The maximum atomic E-state index is 12.4. The summed E-state index contributed by atoms with van der Waals surface area (Å²) in [6.07, 6.45) is 15.4. The van der Waals surface area contributed by atoms with Crippen LogP contribution in [0.2, 0.25) is 0 Å². The van der Waals surface area contributed by atoms with Crippen molar-refractivity contribution in [2.75, 3.05) is 13.1 Å². The Morgan fingerprint density at radius 1 is 1.38 bits per heavy atom. The molecule has 5 rings (SSSR count). The van der Waals surface area contributed by atoms with Gasteiger partial charge in [0.2, 0.25) is 0 Å². The molecule has 4 fully saturated rings. The highest BCUT2D eigenvalue weighted by molar-refractivity contribution is 5.83. The number of carbonyl (C=O) groups excluding carboxylic acids is 1. The maximum absolute atomic E-state index is 12.4. The molecule has 0 aromatic heterocycles. The van der Waals surface area contributed by atoms with Gasteiger partial charge in [-0.05, 0) is 70.4 Å². The molecule has 5 aliphatic rings. The van der Waals surface area contributed by atoms with E-state index in [0.717, 1.165) is 31.8 Å². The summed E-state index contributed by atoms with van der Waals surface area (Å²) in [4.78, 5) is 15.0. The lowest BCUT2D eigenvalue weighted by atomic mass is 9.47. The molecule has 1 spiro atoms. The molecule has 0 radical (unpaired) electrons. The van der Waals surface area contributed by atoms with Gasteiger partial charge in [-0.1, -0.05) is 37.6 Å². The highest BCUT2D eigenvalue weighted by Gasteiger charge is 2.74. The smallest absolute Gasteiger partial charge is 0.336 e. The Hall–Kier alpha value is -1.89. The van der Waals surface area contributed by atoms with Crippen molar-refractivity contribution in [3.63, 3.8) is 0 Å². The molecule has 2 heterocycles. The summed E-state index contributed by atoms with van der Waals surface area (Å²) in [6.45, 7) is 7.74. The molecule has 2 saturated heterocycles. The lowest BCUT2D eigenvalue weighted by Crippen LogP contribution is -2.74. The van der Waals surface area contributed by atoms with Crippen molar-refractivity contribution in [3.05, 3.63) is 48.0 Å². The summed E-state index contributed by atoms with van der Waals surface area (Å²) in [6, 6.07) is 0.0233. The normalized spacial score (nSPS) is 40.4. The fourth-order valence-corrected chi connectivity index (χ4v) is 7.41. The van der Waals surface area contributed by atoms with Crippen LogP contribution < -0.4 is 0 Å². The SMILES string of the molecule is C/C=C/C=C/C(=O)OC1=C2OC(C(O)CC)C34CCN(CC5CCC5)C(CC(C=C1)C23)C4(C)O. The Balaban J connectivity index is 1.51. The first kappa shape index (κ1) is 23.8. The van der Waals surface area contributed by atoms with Crippen molar-refractivity contribution < 1.29 is 24.5 Å². The average Bonchev–Trinajstić information content (AvgIpc) is 3.12. The van der Waals surface area contributed by atoms with Crippen LogP contribution in [0, 0.1) is 23.2 Å². The predicted molar refractivity (Wildman–Crippen MR) is 129 cm³/mol. The van der Waals surface area contributed by atoms with E-state index in [2.05, 4.69) is 11.0 Å². The van der Waals surface area contributed by atoms with Gasteiger partial charge in [0.1, 0.15) is 11.9 Å². The second kappa shape index (κ2) is 8.96. The molecular formula is C28H39NO5. The molecule has 2 aliphatic heterocycles. The van der Waals surface area contributed by atoms with Crippen molar-refractivity contribution in [3.8, 4) is 0 Å². The molecule has 7 unspecified atom stereocenters. The third-order valence-corrected chi connectivity index (χ3v) is 9.34. The molecule has 0 aromatic carbocycles. The van der Waals surface area contributed by atoms with Gasteiger partial charge in [-0.2, -0.15) is 0 Å². The van der Waals surface area contributed by atoms with Gasteiger partial charge in [0.15, 0.2) is 5.76 Å². The number of hydrogen-bond donors (Lipinski definition) is 2. The second-order valence-corrected chi connectivity index (χ2v) is 11.0. The van der Waals surface area contributed by atoms with E-state index >= 15 is 0 Å². The van der Waals surface area contributed by atoms with Crippen molar-refractivity contribution in [1.29, 1.82) is 0 Å². The van der Waals surface area contributed by atoms with Crippen LogP contribution in [0.3, 0.4) is 0 Å². The summed E-state index contributed by atoms with van der Waals surface area (Å²) in [5, 5.41) is 23.4. The Morgan fingerprint density at radius 3 is 2.85 bits per heavy atom. The minimum Gasteiger partial charge on any atom is -0.487 e. The number of likely N-dealkylation sites (tertiary alicyclic amines) is 1. The van der Waals surface area contributed by atoms with E-state index in [4.69, 9.17) is 9.47 Å². The van der Waals surface area contributed by atoms with Crippen molar-refractivity contribution in [2.45, 2.75) is 83.1 Å². The highest BCUT2D eigenvalue weighted by atomic mass is 16.6. The lowest BCUT2D eigenvalue weighted by Gasteiger charge is -2.64. The number of esters is 1. The van der Waals surface area contributed by atoms with Gasteiger partial charge >= 0.3 is 5.97 Å². The van der Waals surface area contributed by atoms with Crippen LogP contribution in [-0.4, -0.2) is 58.0 Å². The van der Waals surface area contributed by atoms with Gasteiger partial charge in [0.05, 0.1) is 17.1 Å². The van der Waals surface area contributed by atoms with Crippen molar-refractivity contribution in [2.24, 2.45) is 23.2 Å². The van der Waals surface area contributed by atoms with Gasteiger partial charge in [-0.15, -0.1) is 0 Å². The summed E-state index contributed by atoms with van der Waals surface area (Å²) in [5.41, 5.74) is -1.64. The fraction of sp³-hybridized carbons (Fsp3) is 0.679. The summed E-state index contributed by atoms with van der Waals surface area (Å²) in [7, 11) is 0. The number of rotatable bonds is 7. The quantitative estimate of drug-likeness (QED) is 0.335. The molecule has 0 aromatic rings. The van der Waals surface area contributed by atoms with Crippen LogP contribution in [0.4, 0.5) is 0 Å². The van der Waals surface area contributed by atoms with Crippen LogP contribution in [-0.2, 0) is 14.3 Å². The van der Waals surface area contributed by atoms with E-state index in [1.807, 2.05) is 32.9 Å². The minimum absolute atomic E-state index is 0.0233. The number of allylic oxidation sites excluding steroid dienone is 6. The van der Waals surface area contributed by atoms with Crippen molar-refractivity contribution >= 4 is 5.97 Å². The van der Waals surface area contributed by atoms with Gasteiger partial charge in [-0.3, -0.25) is 4.90 Å². The maximum Gasteiger partial charge on any atom is 0.336 e. The zero-order chi connectivity index (χ0) is 24.1. The average molecular weight is 470 g/mol. The number of aliphatic hydroxyl groups is 2. The molecule has 34 heavy (non-hydrogen) atoms. The fourth-order valence-electron chi connectivity index (χ4n) is 7.41. The largest absolute Gasteiger partial charge is 0.487 e. The standard InChI is InChI=1S/C28H39NO5/c1-4-6-7-11-23(31)33-21-13-12-19-16-22-27(3,32)28(14-15-29(22)17-18-9-8-10-18)24(19)25(21)34-26(28)20(30)5-2/h4,6-7,11-13,18-20,22,24,26,30,32H,5,8-10,14-17H2,1-3H3/b6-4+,11-7+. The molecule has 0 amide bonds. The number of aliphatic hydroxyl groups excluding tert-OH is 1. The Morgan fingerprint density at radius 2 is 2.18 bits per heavy atom. The second-order valence-electron chi connectivity index (χ2n) is 11.0. The molecular weight excluding hydrogens is 430 g/mol. The van der Waals surface area contributed by atoms with Gasteiger partial charge in [0.25, 0.3) is 0 Å². The Kier molecular flexibility index (Phi) is 6.28. The topological polar surface area (TPSA) is 79.2 Å². The first-order valence-corrected chi connectivity index (χ1v) is 13.1. The molecule has 2 bridgehead atoms. The first-order chi connectivity index (χ1) is 16.3. The lowest BCUT2D eigenvalue weighted by molar-refractivity contribution is -0.237. The van der Waals surface area contributed by atoms with E-state index in [9.17, 15) is 15.0 Å². The van der Waals surface area contributed by atoms with Gasteiger partial charge in [-0.25, -0.2) is 4.79 Å². The van der Waals surface area contributed by atoms with E-state index in [1.54, 1.807) is 12.2 Å². The van der Waals surface area contributed by atoms with Crippen LogP contribution in [0.25, 0.3) is 0 Å². The number of fused-ring (bicyclic) bond motifs is 1. The summed E-state index contributed by atoms with van der Waals surface area (Å²) >= 11 is 0. The zero-order valence-corrected chi connectivity index (χ0v) is 20.7. The molecule has 3 aliphatic carbocycles. The number of hydrogen-bond acceptors (Lipinski definition) is 6. The van der Waals surface area contributed by atoms with Crippen LogP contribution >= 0.6 is 0 Å². The van der Waals surface area contributed by atoms with E-state index < -0.39 is 29.2 Å². The highest BCUT2D eigenvalue weighted by Crippen LogP contribution is 2.67.